The Morgan fingerprint density at radius 3 is 2.33 bits per heavy atom. The first-order valence-electron chi connectivity index (χ1n) is 9.52. The number of anilines is 1. The number of carbonyl (C=O) groups is 1. The summed E-state index contributed by atoms with van der Waals surface area (Å²) in [5.74, 6) is 0.422. The van der Waals surface area contributed by atoms with E-state index in [1.807, 2.05) is 31.2 Å². The molecule has 0 aromatic heterocycles. The molecular weight excluding hydrogens is 345 g/mol. The molecule has 0 aliphatic heterocycles. The molecule has 144 valence electrons. The third kappa shape index (κ3) is 4.66. The van der Waals surface area contributed by atoms with Crippen LogP contribution in [0.5, 0.6) is 5.75 Å². The van der Waals surface area contributed by atoms with Crippen LogP contribution in [-0.2, 0) is 14.9 Å². The van der Waals surface area contributed by atoms with Crippen molar-refractivity contribution in [3.8, 4) is 5.75 Å². The van der Waals surface area contributed by atoms with Crippen molar-refractivity contribution in [3.63, 3.8) is 0 Å². The Morgan fingerprint density at radius 2 is 1.70 bits per heavy atom. The Kier molecular flexibility index (Phi) is 6.45. The van der Waals surface area contributed by atoms with Crippen LogP contribution in [0.25, 0.3) is 0 Å². The molecule has 1 N–H and O–H groups in total. The predicted octanol–water partition coefficient (Wildman–Crippen LogP) is 4.69. The van der Waals surface area contributed by atoms with E-state index >= 15 is 0 Å². The Bertz CT molecular complexity index is 737. The third-order valence-corrected chi connectivity index (χ3v) is 5.10. The molecule has 1 aliphatic carbocycles. The van der Waals surface area contributed by atoms with Crippen LogP contribution < -0.4 is 10.1 Å². The summed E-state index contributed by atoms with van der Waals surface area (Å²) in [4.78, 5) is 13.1. The van der Waals surface area contributed by atoms with Gasteiger partial charge in [-0.05, 0) is 61.7 Å². The van der Waals surface area contributed by atoms with Gasteiger partial charge in [0.15, 0.2) is 0 Å². The van der Waals surface area contributed by atoms with E-state index < -0.39 is 5.41 Å². The van der Waals surface area contributed by atoms with E-state index in [-0.39, 0.29) is 11.7 Å². The van der Waals surface area contributed by atoms with Crippen LogP contribution in [0.15, 0.2) is 48.5 Å². The number of amides is 1. The summed E-state index contributed by atoms with van der Waals surface area (Å²) in [6.07, 6.45) is 3.56. The predicted molar refractivity (Wildman–Crippen MR) is 104 cm³/mol. The van der Waals surface area contributed by atoms with Crippen molar-refractivity contribution in [3.05, 3.63) is 59.9 Å². The molecule has 27 heavy (non-hydrogen) atoms. The molecule has 0 unspecified atom stereocenters. The summed E-state index contributed by atoms with van der Waals surface area (Å²) in [5, 5.41) is 3.03. The molecule has 5 heteroatoms. The lowest BCUT2D eigenvalue weighted by molar-refractivity contribution is -0.121. The van der Waals surface area contributed by atoms with Crippen molar-refractivity contribution in [2.45, 2.75) is 38.0 Å². The fourth-order valence-electron chi connectivity index (χ4n) is 3.64. The van der Waals surface area contributed by atoms with Crippen LogP contribution in [0.4, 0.5) is 10.1 Å². The van der Waals surface area contributed by atoms with Crippen molar-refractivity contribution in [2.24, 2.45) is 0 Å². The molecule has 1 fully saturated rings. The van der Waals surface area contributed by atoms with E-state index in [1.54, 1.807) is 12.1 Å². The zero-order chi connectivity index (χ0) is 19.1. The minimum atomic E-state index is -0.583. The highest BCUT2D eigenvalue weighted by molar-refractivity contribution is 5.99. The molecule has 0 bridgehead atoms. The highest BCUT2D eigenvalue weighted by atomic mass is 19.1. The molecule has 0 atom stereocenters. The first kappa shape index (κ1) is 19.4. The molecule has 1 aliphatic rings. The first-order valence-corrected chi connectivity index (χ1v) is 9.52. The van der Waals surface area contributed by atoms with Gasteiger partial charge in [0.1, 0.15) is 18.2 Å². The quantitative estimate of drug-likeness (QED) is 0.685. The van der Waals surface area contributed by atoms with Crippen LogP contribution in [0, 0.1) is 5.82 Å². The van der Waals surface area contributed by atoms with E-state index in [2.05, 4.69) is 5.32 Å². The highest BCUT2D eigenvalue weighted by Crippen LogP contribution is 2.42. The SMILES string of the molecule is CCOCCOc1ccc(NC(=O)C2(c3ccc(F)cc3)CCCC2)cc1. The summed E-state index contributed by atoms with van der Waals surface area (Å²) in [6, 6.07) is 13.7. The molecule has 0 heterocycles. The summed E-state index contributed by atoms with van der Waals surface area (Å²) in [5.41, 5.74) is 1.03. The minimum Gasteiger partial charge on any atom is -0.491 e. The van der Waals surface area contributed by atoms with Gasteiger partial charge < -0.3 is 14.8 Å². The second-order valence-electron chi connectivity index (χ2n) is 6.82. The Labute approximate surface area is 159 Å². The fourth-order valence-corrected chi connectivity index (χ4v) is 3.64. The van der Waals surface area contributed by atoms with Crippen molar-refractivity contribution in [2.75, 3.05) is 25.1 Å². The minimum absolute atomic E-state index is 0.0309. The zero-order valence-electron chi connectivity index (χ0n) is 15.7. The lowest BCUT2D eigenvalue weighted by Crippen LogP contribution is -2.38. The van der Waals surface area contributed by atoms with Crippen molar-refractivity contribution in [1.29, 1.82) is 0 Å². The molecule has 1 amide bonds. The van der Waals surface area contributed by atoms with Crippen LogP contribution in [-0.4, -0.2) is 25.7 Å². The van der Waals surface area contributed by atoms with Crippen LogP contribution >= 0.6 is 0 Å². The molecule has 1 saturated carbocycles. The molecule has 3 rings (SSSR count). The van der Waals surface area contributed by atoms with Gasteiger partial charge >= 0.3 is 0 Å². The van der Waals surface area contributed by atoms with Crippen molar-refractivity contribution >= 4 is 11.6 Å². The molecule has 0 radical (unpaired) electrons. The zero-order valence-corrected chi connectivity index (χ0v) is 15.7. The molecule has 2 aromatic rings. The standard InChI is InChI=1S/C22H26FNO3/c1-2-26-15-16-27-20-11-9-19(10-12-20)24-21(25)22(13-3-4-14-22)17-5-7-18(23)8-6-17/h5-12H,2-4,13-16H2,1H3,(H,24,25). The van der Waals surface area contributed by atoms with Crippen LogP contribution in [0.1, 0.15) is 38.2 Å². The van der Waals surface area contributed by atoms with Gasteiger partial charge in [0.2, 0.25) is 5.91 Å². The number of ether oxygens (including phenoxy) is 2. The average Bonchev–Trinajstić information content (AvgIpc) is 3.18. The second-order valence-corrected chi connectivity index (χ2v) is 6.82. The van der Waals surface area contributed by atoms with E-state index in [0.717, 1.165) is 42.7 Å². The summed E-state index contributed by atoms with van der Waals surface area (Å²) >= 11 is 0. The molecule has 0 saturated heterocycles. The van der Waals surface area contributed by atoms with E-state index in [1.165, 1.54) is 12.1 Å². The third-order valence-electron chi connectivity index (χ3n) is 5.10. The summed E-state index contributed by atoms with van der Waals surface area (Å²) in [7, 11) is 0. The number of nitrogens with one attached hydrogen (secondary N) is 1. The lowest BCUT2D eigenvalue weighted by Gasteiger charge is -2.28. The number of hydrogen-bond donors (Lipinski definition) is 1. The Balaban J connectivity index is 1.66. The average molecular weight is 371 g/mol. The maximum atomic E-state index is 13.3. The van der Waals surface area contributed by atoms with Gasteiger partial charge in [-0.2, -0.15) is 0 Å². The molecule has 4 nitrogen and oxygen atoms in total. The van der Waals surface area contributed by atoms with E-state index in [9.17, 15) is 9.18 Å². The fraction of sp³-hybridized carbons (Fsp3) is 0.409. The summed E-state index contributed by atoms with van der Waals surface area (Å²) in [6.45, 7) is 3.66. The first-order chi connectivity index (χ1) is 13.1. The van der Waals surface area contributed by atoms with Gasteiger partial charge in [-0.3, -0.25) is 4.79 Å². The number of benzene rings is 2. The van der Waals surface area contributed by atoms with Gasteiger partial charge in [-0.15, -0.1) is 0 Å². The van der Waals surface area contributed by atoms with E-state index in [4.69, 9.17) is 9.47 Å². The lowest BCUT2D eigenvalue weighted by atomic mass is 9.78. The van der Waals surface area contributed by atoms with Crippen molar-refractivity contribution < 1.29 is 18.7 Å². The summed E-state index contributed by atoms with van der Waals surface area (Å²) < 4.78 is 24.1. The van der Waals surface area contributed by atoms with Gasteiger partial charge in [0.25, 0.3) is 0 Å². The number of halogens is 1. The maximum Gasteiger partial charge on any atom is 0.235 e. The number of rotatable bonds is 8. The largest absolute Gasteiger partial charge is 0.491 e. The van der Waals surface area contributed by atoms with Crippen LogP contribution in [0.3, 0.4) is 0 Å². The van der Waals surface area contributed by atoms with Gasteiger partial charge in [-0.25, -0.2) is 4.39 Å². The Morgan fingerprint density at radius 1 is 1.04 bits per heavy atom. The highest BCUT2D eigenvalue weighted by Gasteiger charge is 2.42. The smallest absolute Gasteiger partial charge is 0.235 e. The molecule has 2 aromatic carbocycles. The monoisotopic (exact) mass is 371 g/mol. The molecular formula is C22H26FNO3. The molecule has 0 spiro atoms. The van der Waals surface area contributed by atoms with Crippen LogP contribution in [0.2, 0.25) is 0 Å². The van der Waals surface area contributed by atoms with Gasteiger partial charge in [0, 0.05) is 12.3 Å². The normalized spacial score (nSPS) is 15.5. The van der Waals surface area contributed by atoms with E-state index in [0.29, 0.717) is 19.8 Å². The Hall–Kier alpha value is -2.40. The number of carbonyl (C=O) groups excluding carboxylic acids is 1. The van der Waals surface area contributed by atoms with Crippen molar-refractivity contribution in [1.82, 2.24) is 0 Å². The topological polar surface area (TPSA) is 47.6 Å². The number of hydrogen-bond acceptors (Lipinski definition) is 3. The van der Waals surface area contributed by atoms with Gasteiger partial charge in [-0.1, -0.05) is 25.0 Å². The van der Waals surface area contributed by atoms with Gasteiger partial charge in [0.05, 0.1) is 12.0 Å². The second kappa shape index (κ2) is 9.00. The maximum absolute atomic E-state index is 13.3.